The Labute approximate surface area is 200 Å². The van der Waals surface area contributed by atoms with Crippen LogP contribution < -0.4 is 20.3 Å². The molecule has 0 saturated heterocycles. The van der Waals surface area contributed by atoms with Crippen LogP contribution in [0.5, 0.6) is 5.75 Å². The molecule has 0 fully saturated rings. The van der Waals surface area contributed by atoms with Gasteiger partial charge in [0.15, 0.2) is 0 Å². The number of carbonyl (C=O) groups excluding carboxylic acids is 3. The van der Waals surface area contributed by atoms with Crippen molar-refractivity contribution in [2.24, 2.45) is 0 Å². The van der Waals surface area contributed by atoms with Crippen LogP contribution in [0.15, 0.2) is 52.5 Å². The summed E-state index contributed by atoms with van der Waals surface area (Å²) in [4.78, 5) is 39.2. The maximum atomic E-state index is 13.2. The van der Waals surface area contributed by atoms with Crippen LogP contribution in [-0.2, 0) is 14.3 Å². The Bertz CT molecular complexity index is 1150. The van der Waals surface area contributed by atoms with E-state index >= 15 is 0 Å². The number of rotatable bonds is 6. The first-order chi connectivity index (χ1) is 15.9. The molecule has 0 saturated carbocycles. The van der Waals surface area contributed by atoms with Gasteiger partial charge < -0.3 is 25.0 Å². The Kier molecular flexibility index (Phi) is 6.69. The van der Waals surface area contributed by atoms with E-state index in [9.17, 15) is 14.4 Å². The fraction of sp³-hybridized carbons (Fsp3) is 0.292. The third-order valence-electron chi connectivity index (χ3n) is 5.63. The first-order valence-corrected chi connectivity index (χ1v) is 11.4. The highest BCUT2D eigenvalue weighted by Crippen LogP contribution is 2.41. The van der Waals surface area contributed by atoms with E-state index in [2.05, 4.69) is 26.6 Å². The summed E-state index contributed by atoms with van der Waals surface area (Å²) in [7, 11) is 1.59. The molecular formula is C24H24BrN3O5. The topological polar surface area (TPSA) is 97.0 Å². The second kappa shape index (κ2) is 9.66. The van der Waals surface area contributed by atoms with Gasteiger partial charge in [-0.1, -0.05) is 24.3 Å². The van der Waals surface area contributed by atoms with Crippen molar-refractivity contribution >= 4 is 45.2 Å². The number of amides is 3. The van der Waals surface area contributed by atoms with E-state index in [0.29, 0.717) is 17.1 Å². The van der Waals surface area contributed by atoms with Crippen molar-refractivity contribution < 1.29 is 23.9 Å². The number of esters is 1. The van der Waals surface area contributed by atoms with E-state index in [-0.39, 0.29) is 37.9 Å². The molecule has 2 heterocycles. The van der Waals surface area contributed by atoms with Crippen molar-refractivity contribution in [3.8, 4) is 5.75 Å². The summed E-state index contributed by atoms with van der Waals surface area (Å²) in [6, 6.07) is 12.3. The molecule has 0 radical (unpaired) electrons. The summed E-state index contributed by atoms with van der Waals surface area (Å²) in [5.41, 5.74) is 3.86. The van der Waals surface area contributed by atoms with Crippen LogP contribution in [0.2, 0.25) is 0 Å². The van der Waals surface area contributed by atoms with Gasteiger partial charge in [-0.2, -0.15) is 0 Å². The lowest BCUT2D eigenvalue weighted by Gasteiger charge is -2.39. The van der Waals surface area contributed by atoms with E-state index in [1.54, 1.807) is 18.9 Å². The minimum absolute atomic E-state index is 0.0150. The summed E-state index contributed by atoms with van der Waals surface area (Å²) >= 11 is 3.51. The Morgan fingerprint density at radius 1 is 1.18 bits per heavy atom. The third-order valence-corrected chi connectivity index (χ3v) is 6.25. The number of carbonyl (C=O) groups is 3. The molecule has 0 aromatic heterocycles. The van der Waals surface area contributed by atoms with Gasteiger partial charge in [0.05, 0.1) is 48.6 Å². The van der Waals surface area contributed by atoms with Crippen LogP contribution in [0.25, 0.3) is 5.70 Å². The zero-order valence-electron chi connectivity index (χ0n) is 18.3. The zero-order chi connectivity index (χ0) is 23.5. The average molecular weight is 514 g/mol. The maximum absolute atomic E-state index is 13.2. The van der Waals surface area contributed by atoms with Gasteiger partial charge in [0, 0.05) is 17.6 Å². The summed E-state index contributed by atoms with van der Waals surface area (Å²) < 4.78 is 11.0. The Balaban J connectivity index is 1.71. The van der Waals surface area contributed by atoms with Crippen LogP contribution in [0.3, 0.4) is 0 Å². The van der Waals surface area contributed by atoms with Gasteiger partial charge in [-0.3, -0.25) is 9.59 Å². The smallest absolute Gasteiger partial charge is 0.320 e. The summed E-state index contributed by atoms with van der Waals surface area (Å²) in [5, 5.41) is 5.89. The van der Waals surface area contributed by atoms with Gasteiger partial charge in [-0.05, 0) is 46.6 Å². The number of hydrogen-bond acceptors (Lipinski definition) is 5. The Morgan fingerprint density at radius 2 is 1.97 bits per heavy atom. The fourth-order valence-electron chi connectivity index (χ4n) is 4.13. The quantitative estimate of drug-likeness (QED) is 0.570. The predicted octanol–water partition coefficient (Wildman–Crippen LogP) is 3.91. The first-order valence-electron chi connectivity index (χ1n) is 10.6. The molecule has 3 amide bonds. The lowest BCUT2D eigenvalue weighted by Crippen LogP contribution is -2.49. The first kappa shape index (κ1) is 22.8. The van der Waals surface area contributed by atoms with Gasteiger partial charge >= 0.3 is 12.0 Å². The number of para-hydroxylation sites is 1. The summed E-state index contributed by atoms with van der Waals surface area (Å²) in [5.74, 6) is 0.0928. The number of halogens is 1. The molecule has 1 atom stereocenters. The zero-order valence-corrected chi connectivity index (χ0v) is 19.9. The number of nitrogens with one attached hydrogen (secondary N) is 2. The highest BCUT2D eigenvalue weighted by Gasteiger charge is 2.36. The van der Waals surface area contributed by atoms with Crippen molar-refractivity contribution in [3.63, 3.8) is 0 Å². The van der Waals surface area contributed by atoms with Crippen LogP contribution in [0, 0.1) is 0 Å². The lowest BCUT2D eigenvalue weighted by molar-refractivity contribution is -0.144. The van der Waals surface area contributed by atoms with E-state index < -0.39 is 12.0 Å². The molecule has 33 heavy (non-hydrogen) atoms. The molecule has 1 unspecified atom stereocenters. The third kappa shape index (κ3) is 4.59. The van der Waals surface area contributed by atoms with Crippen molar-refractivity contribution in [2.45, 2.75) is 25.8 Å². The molecule has 2 aromatic rings. The highest BCUT2D eigenvalue weighted by atomic mass is 79.9. The van der Waals surface area contributed by atoms with E-state index in [1.165, 1.54) is 0 Å². The number of fused-ring (bicyclic) bond motifs is 2. The molecule has 8 nitrogen and oxygen atoms in total. The number of methoxy groups -OCH3 is 1. The molecule has 172 valence electrons. The van der Waals surface area contributed by atoms with Crippen molar-refractivity contribution in [3.05, 3.63) is 63.6 Å². The molecule has 9 heteroatoms. The number of ether oxygens (including phenoxy) is 2. The Morgan fingerprint density at radius 3 is 2.70 bits per heavy atom. The van der Waals surface area contributed by atoms with Gasteiger partial charge in [0.2, 0.25) is 5.91 Å². The van der Waals surface area contributed by atoms with E-state index in [0.717, 1.165) is 21.2 Å². The van der Waals surface area contributed by atoms with Gasteiger partial charge in [-0.15, -0.1) is 0 Å². The van der Waals surface area contributed by atoms with Crippen LogP contribution >= 0.6 is 15.9 Å². The predicted molar refractivity (Wildman–Crippen MR) is 127 cm³/mol. The summed E-state index contributed by atoms with van der Waals surface area (Å²) in [6.07, 6.45) is 0.0510. The van der Waals surface area contributed by atoms with E-state index in [4.69, 9.17) is 9.47 Å². The molecule has 0 aliphatic carbocycles. The molecular weight excluding hydrogens is 490 g/mol. The maximum Gasteiger partial charge on any atom is 0.320 e. The van der Waals surface area contributed by atoms with Crippen LogP contribution in [0.1, 0.15) is 36.9 Å². The van der Waals surface area contributed by atoms with E-state index in [1.807, 2.05) is 42.5 Å². The monoisotopic (exact) mass is 513 g/mol. The van der Waals surface area contributed by atoms with Gasteiger partial charge in [-0.25, -0.2) is 4.79 Å². The number of hydrogen-bond donors (Lipinski definition) is 2. The van der Waals surface area contributed by atoms with Crippen LogP contribution in [0.4, 0.5) is 10.5 Å². The summed E-state index contributed by atoms with van der Waals surface area (Å²) in [6.45, 7) is 2.28. The molecule has 0 spiro atoms. The fourth-order valence-corrected chi connectivity index (χ4v) is 4.68. The second-order valence-electron chi connectivity index (χ2n) is 7.63. The largest absolute Gasteiger partial charge is 0.496 e. The average Bonchev–Trinajstić information content (AvgIpc) is 2.81. The minimum Gasteiger partial charge on any atom is -0.496 e. The molecule has 0 bridgehead atoms. The number of urea groups is 1. The molecule has 2 N–H and O–H groups in total. The number of nitrogens with zero attached hydrogens (tertiary/aromatic N) is 1. The van der Waals surface area contributed by atoms with Crippen molar-refractivity contribution in [1.82, 2.24) is 10.6 Å². The number of anilines is 1. The number of benzene rings is 2. The molecule has 2 aromatic carbocycles. The Hall–Kier alpha value is -3.33. The second-order valence-corrected chi connectivity index (χ2v) is 8.48. The molecule has 4 rings (SSSR count). The SMILES string of the molecule is CCOC(=O)CCC(=O)N1CC2=C(NC(=O)NC2c2ccc(OC)c(Br)c2)c2ccccc21. The van der Waals surface area contributed by atoms with Crippen LogP contribution in [-0.4, -0.2) is 38.2 Å². The minimum atomic E-state index is -0.440. The normalized spacial score (nSPS) is 16.9. The molecule has 2 aliphatic rings. The molecule has 2 aliphatic heterocycles. The highest BCUT2D eigenvalue weighted by molar-refractivity contribution is 9.10. The van der Waals surface area contributed by atoms with Gasteiger partial charge in [0.1, 0.15) is 5.75 Å². The van der Waals surface area contributed by atoms with Gasteiger partial charge in [0.25, 0.3) is 0 Å². The standard InChI is InChI=1S/C24H24BrN3O5/c1-3-33-21(30)11-10-20(29)28-13-16-22(14-8-9-19(32-2)17(25)12-14)26-24(31)27-23(16)15-6-4-5-7-18(15)28/h4-9,12,22H,3,10-11,13H2,1-2H3,(H2,26,27,31). The van der Waals surface area contributed by atoms with Crippen molar-refractivity contribution in [2.75, 3.05) is 25.2 Å². The van der Waals surface area contributed by atoms with Crippen molar-refractivity contribution in [1.29, 1.82) is 0 Å². The lowest BCUT2D eigenvalue weighted by atomic mass is 9.88.